The molecule has 1 saturated heterocycles. The lowest BCUT2D eigenvalue weighted by molar-refractivity contribution is 0.101. The van der Waals surface area contributed by atoms with Crippen LogP contribution in [0.25, 0.3) is 11.3 Å². The van der Waals surface area contributed by atoms with Crippen LogP contribution in [-0.2, 0) is 5.41 Å². The number of nitrogens with zero attached hydrogens (tertiary/aromatic N) is 4. The van der Waals surface area contributed by atoms with Crippen molar-refractivity contribution in [1.29, 1.82) is 0 Å². The Bertz CT molecular complexity index is 1250. The van der Waals surface area contributed by atoms with E-state index in [0.29, 0.717) is 22.9 Å². The van der Waals surface area contributed by atoms with Gasteiger partial charge in [-0.3, -0.25) is 4.79 Å². The fraction of sp³-hybridized carbons (Fsp3) is 0.484. The van der Waals surface area contributed by atoms with Gasteiger partial charge in [-0.2, -0.15) is 0 Å². The Hall–Kier alpha value is -3.19. The number of likely N-dealkylation sites (tertiary alicyclic amines) is 1. The molecule has 1 aromatic carbocycles. The molecule has 1 saturated carbocycles. The molecular weight excluding hydrogens is 477 g/mol. The van der Waals surface area contributed by atoms with E-state index in [1.165, 1.54) is 11.8 Å². The first-order valence-electron chi connectivity index (χ1n) is 13.9. The predicted octanol–water partition coefficient (Wildman–Crippen LogP) is 7.54. The molecule has 0 unspecified atom stereocenters. The molecule has 38 heavy (non-hydrogen) atoms. The van der Waals surface area contributed by atoms with Gasteiger partial charge >= 0.3 is 0 Å². The van der Waals surface area contributed by atoms with Crippen molar-refractivity contribution in [3.63, 3.8) is 0 Å². The van der Waals surface area contributed by atoms with Crippen molar-refractivity contribution in [2.75, 3.05) is 25.5 Å². The third-order valence-corrected chi connectivity index (χ3v) is 7.99. The van der Waals surface area contributed by atoms with E-state index >= 15 is 0 Å². The second-order valence-corrected chi connectivity index (χ2v) is 10.7. The Labute approximate surface area is 227 Å². The lowest BCUT2D eigenvalue weighted by Crippen LogP contribution is -2.29. The number of carbonyl (C=O) groups excluding carboxylic acids is 1. The highest BCUT2D eigenvalue weighted by Gasteiger charge is 2.33. The van der Waals surface area contributed by atoms with Gasteiger partial charge in [-0.15, -0.1) is 0 Å². The zero-order valence-electron chi connectivity index (χ0n) is 23.4. The molecule has 2 aromatic heterocycles. The van der Waals surface area contributed by atoms with Gasteiger partial charge < -0.3 is 10.2 Å². The van der Waals surface area contributed by atoms with Gasteiger partial charge in [-0.25, -0.2) is 19.3 Å². The SMILES string of the molecule is CC.CC(=O)c1ccc(-c2nc(Nc3ccc(C4CCN(C)CC4)cn3)ncc2F)cc1C1(C)CCCC1.[HH]. The molecule has 204 valence electrons. The Kier molecular flexibility index (Phi) is 8.87. The van der Waals surface area contributed by atoms with Crippen LogP contribution in [0.5, 0.6) is 0 Å². The van der Waals surface area contributed by atoms with E-state index in [9.17, 15) is 9.18 Å². The summed E-state index contributed by atoms with van der Waals surface area (Å²) in [5.41, 5.74) is 3.73. The molecule has 1 N–H and O–H groups in total. The van der Waals surface area contributed by atoms with Gasteiger partial charge in [0.05, 0.1) is 6.20 Å². The number of halogens is 1. The summed E-state index contributed by atoms with van der Waals surface area (Å²) >= 11 is 0. The highest BCUT2D eigenvalue weighted by molar-refractivity contribution is 5.96. The molecule has 3 aromatic rings. The molecule has 2 aliphatic rings. The van der Waals surface area contributed by atoms with Crippen LogP contribution in [0.2, 0.25) is 0 Å². The molecule has 0 bridgehead atoms. The van der Waals surface area contributed by atoms with Gasteiger partial charge in [0.15, 0.2) is 11.6 Å². The zero-order chi connectivity index (χ0) is 27.3. The molecule has 3 heterocycles. The Morgan fingerprint density at radius 2 is 1.79 bits per heavy atom. The monoisotopic (exact) mass is 519 g/mol. The van der Waals surface area contributed by atoms with E-state index in [1.807, 2.05) is 38.2 Å². The molecule has 5 rings (SSSR count). The first-order chi connectivity index (χ1) is 18.3. The molecule has 0 amide bonds. The predicted molar refractivity (Wildman–Crippen MR) is 154 cm³/mol. The van der Waals surface area contributed by atoms with Gasteiger partial charge in [-0.1, -0.05) is 51.8 Å². The summed E-state index contributed by atoms with van der Waals surface area (Å²) in [6.45, 7) is 10.0. The minimum atomic E-state index is -0.496. The number of rotatable bonds is 6. The molecule has 2 fully saturated rings. The molecular formula is C31H42FN5O. The average Bonchev–Trinajstić information content (AvgIpc) is 3.39. The highest BCUT2D eigenvalue weighted by Crippen LogP contribution is 2.43. The number of ketones is 1. The Morgan fingerprint density at radius 3 is 2.42 bits per heavy atom. The molecule has 0 atom stereocenters. The van der Waals surface area contributed by atoms with Crippen molar-refractivity contribution in [2.45, 2.75) is 77.6 Å². The third kappa shape index (κ3) is 6.09. The number of nitrogens with one attached hydrogen (secondary N) is 1. The highest BCUT2D eigenvalue weighted by atomic mass is 19.1. The molecule has 1 aliphatic heterocycles. The van der Waals surface area contributed by atoms with Crippen LogP contribution in [0, 0.1) is 5.82 Å². The van der Waals surface area contributed by atoms with Crippen LogP contribution >= 0.6 is 0 Å². The largest absolute Gasteiger partial charge is 0.309 e. The van der Waals surface area contributed by atoms with Gasteiger partial charge in [0.25, 0.3) is 0 Å². The van der Waals surface area contributed by atoms with Gasteiger partial charge in [0, 0.05) is 18.8 Å². The maximum Gasteiger partial charge on any atom is 0.229 e. The van der Waals surface area contributed by atoms with Gasteiger partial charge in [0.1, 0.15) is 11.5 Å². The number of piperidine rings is 1. The van der Waals surface area contributed by atoms with E-state index in [1.54, 1.807) is 13.0 Å². The second kappa shape index (κ2) is 12.1. The summed E-state index contributed by atoms with van der Waals surface area (Å²) in [5.74, 6) is 0.977. The molecule has 6 nitrogen and oxygen atoms in total. The van der Waals surface area contributed by atoms with Crippen molar-refractivity contribution in [3.05, 3.63) is 65.2 Å². The molecule has 0 spiro atoms. The number of anilines is 2. The third-order valence-electron chi connectivity index (χ3n) is 7.99. The van der Waals surface area contributed by atoms with Crippen LogP contribution in [0.3, 0.4) is 0 Å². The fourth-order valence-electron chi connectivity index (χ4n) is 5.73. The van der Waals surface area contributed by atoms with E-state index < -0.39 is 5.82 Å². The minimum Gasteiger partial charge on any atom is -0.309 e. The lowest BCUT2D eigenvalue weighted by atomic mass is 9.77. The van der Waals surface area contributed by atoms with Crippen LogP contribution in [0.15, 0.2) is 42.7 Å². The van der Waals surface area contributed by atoms with Crippen molar-refractivity contribution in [1.82, 2.24) is 19.9 Å². The lowest BCUT2D eigenvalue weighted by Gasteiger charge is -2.29. The number of aromatic nitrogens is 3. The number of benzene rings is 1. The van der Waals surface area contributed by atoms with Crippen LogP contribution in [0.4, 0.5) is 16.2 Å². The van der Waals surface area contributed by atoms with E-state index in [-0.39, 0.29) is 24.3 Å². The standard InChI is InChI=1S/C29H34FN5O.C2H6.H2/c1-19(36)23-8-6-21(16-24(23)29(2)12-4-5-13-29)27-25(30)18-32-28(34-27)33-26-9-7-22(17-31-26)20-10-14-35(3)15-11-20;1-2;/h6-9,16-18,20H,4-5,10-15H2,1-3H3,(H,31,32,33,34);1-2H3;1H. The van der Waals surface area contributed by atoms with Crippen molar-refractivity contribution in [2.24, 2.45) is 0 Å². The minimum absolute atomic E-state index is 0. The Balaban J connectivity index is 0.00000137. The summed E-state index contributed by atoms with van der Waals surface area (Å²) in [7, 11) is 2.16. The van der Waals surface area contributed by atoms with Crippen molar-refractivity contribution < 1.29 is 10.6 Å². The van der Waals surface area contributed by atoms with Crippen LogP contribution < -0.4 is 5.32 Å². The molecule has 1 aliphatic carbocycles. The van der Waals surface area contributed by atoms with Crippen molar-refractivity contribution >= 4 is 17.5 Å². The number of pyridine rings is 1. The second-order valence-electron chi connectivity index (χ2n) is 10.7. The zero-order valence-corrected chi connectivity index (χ0v) is 23.4. The first-order valence-corrected chi connectivity index (χ1v) is 13.9. The normalized spacial score (nSPS) is 17.5. The van der Waals surface area contributed by atoms with Crippen LogP contribution in [-0.4, -0.2) is 45.8 Å². The number of hydrogen-bond acceptors (Lipinski definition) is 6. The summed E-state index contributed by atoms with van der Waals surface area (Å²) in [5, 5.41) is 3.12. The summed E-state index contributed by atoms with van der Waals surface area (Å²) in [4.78, 5) is 27.9. The number of Topliss-reactive ketones (excluding diaryl/α,β-unsaturated/α-hetero) is 1. The van der Waals surface area contributed by atoms with Crippen LogP contribution in [0.1, 0.15) is 95.0 Å². The first kappa shape index (κ1) is 27.8. The summed E-state index contributed by atoms with van der Waals surface area (Å²) < 4.78 is 14.9. The Morgan fingerprint density at radius 1 is 1.08 bits per heavy atom. The fourth-order valence-corrected chi connectivity index (χ4v) is 5.73. The molecule has 7 heteroatoms. The maximum absolute atomic E-state index is 14.9. The van der Waals surface area contributed by atoms with E-state index in [0.717, 1.165) is 57.2 Å². The summed E-state index contributed by atoms with van der Waals surface area (Å²) in [6, 6.07) is 9.58. The quantitative estimate of drug-likeness (QED) is 0.339. The summed E-state index contributed by atoms with van der Waals surface area (Å²) in [6.07, 6.45) is 9.70. The van der Waals surface area contributed by atoms with Crippen molar-refractivity contribution in [3.8, 4) is 11.3 Å². The van der Waals surface area contributed by atoms with Gasteiger partial charge in [0.2, 0.25) is 5.95 Å². The topological polar surface area (TPSA) is 71.0 Å². The number of carbonyl (C=O) groups is 1. The number of hydrogen-bond donors (Lipinski definition) is 1. The average molecular weight is 520 g/mol. The van der Waals surface area contributed by atoms with E-state index in [4.69, 9.17) is 0 Å². The van der Waals surface area contributed by atoms with Gasteiger partial charge in [-0.05, 0) is 87.3 Å². The maximum atomic E-state index is 14.9. The molecule has 0 radical (unpaired) electrons. The van der Waals surface area contributed by atoms with E-state index in [2.05, 4.69) is 45.2 Å². The smallest absolute Gasteiger partial charge is 0.229 e.